The molecule has 19 heavy (non-hydrogen) atoms. The topological polar surface area (TPSA) is 29.3 Å². The van der Waals surface area contributed by atoms with Crippen LogP contribution >= 0.6 is 11.6 Å². The SMILES string of the molecule is CC(C)C1CCCN(Cc2cc(Cl)ccc2N)CC1. The van der Waals surface area contributed by atoms with E-state index in [9.17, 15) is 0 Å². The quantitative estimate of drug-likeness (QED) is 0.842. The minimum atomic E-state index is 0.777. The molecule has 0 amide bonds. The molecule has 0 spiro atoms. The maximum absolute atomic E-state index is 6.06. The summed E-state index contributed by atoms with van der Waals surface area (Å²) in [5.74, 6) is 1.68. The second kappa shape index (κ2) is 6.62. The molecule has 2 N–H and O–H groups in total. The Hall–Kier alpha value is -0.730. The van der Waals surface area contributed by atoms with Gasteiger partial charge in [0, 0.05) is 17.3 Å². The lowest BCUT2D eigenvalue weighted by Crippen LogP contribution is -2.25. The van der Waals surface area contributed by atoms with Gasteiger partial charge < -0.3 is 5.73 Å². The Balaban J connectivity index is 1.98. The summed E-state index contributed by atoms with van der Waals surface area (Å²) >= 11 is 6.06. The third kappa shape index (κ3) is 4.12. The summed E-state index contributed by atoms with van der Waals surface area (Å²) in [6.45, 7) is 7.96. The molecule has 0 radical (unpaired) electrons. The second-order valence-corrected chi connectivity index (χ2v) is 6.49. The van der Waals surface area contributed by atoms with Gasteiger partial charge in [-0.25, -0.2) is 0 Å². The van der Waals surface area contributed by atoms with Crippen LogP contribution in [0.2, 0.25) is 5.02 Å². The highest BCUT2D eigenvalue weighted by molar-refractivity contribution is 6.30. The van der Waals surface area contributed by atoms with Crippen LogP contribution in [0.1, 0.15) is 38.7 Å². The molecule has 1 fully saturated rings. The molecule has 1 atom stereocenters. The van der Waals surface area contributed by atoms with Crippen molar-refractivity contribution in [1.29, 1.82) is 0 Å². The van der Waals surface area contributed by atoms with Crippen molar-refractivity contribution in [1.82, 2.24) is 4.90 Å². The largest absolute Gasteiger partial charge is 0.398 e. The third-order valence-electron chi connectivity index (χ3n) is 4.31. The minimum Gasteiger partial charge on any atom is -0.398 e. The summed E-state index contributed by atoms with van der Waals surface area (Å²) in [7, 11) is 0. The monoisotopic (exact) mass is 280 g/mol. The van der Waals surface area contributed by atoms with E-state index < -0.39 is 0 Å². The lowest BCUT2D eigenvalue weighted by molar-refractivity contribution is 0.265. The predicted octanol–water partition coefficient (Wildman–Crippen LogP) is 4.18. The maximum atomic E-state index is 6.06. The summed E-state index contributed by atoms with van der Waals surface area (Å²) in [5, 5.41) is 0.777. The van der Waals surface area contributed by atoms with Crippen LogP contribution in [0.15, 0.2) is 18.2 Å². The molecular formula is C16H25ClN2. The molecule has 1 saturated heterocycles. The van der Waals surface area contributed by atoms with Gasteiger partial charge in [-0.1, -0.05) is 25.4 Å². The standard InChI is InChI=1S/C16H25ClN2/c1-12(2)13-4-3-8-19(9-7-13)11-14-10-15(17)5-6-16(14)18/h5-6,10,12-13H,3-4,7-9,11,18H2,1-2H3. The Labute approximate surface area is 121 Å². The highest BCUT2D eigenvalue weighted by atomic mass is 35.5. The highest BCUT2D eigenvalue weighted by Crippen LogP contribution is 2.26. The molecule has 106 valence electrons. The number of nitrogens with two attached hydrogens (primary N) is 1. The highest BCUT2D eigenvalue weighted by Gasteiger charge is 2.19. The number of benzene rings is 1. The molecule has 1 aliphatic heterocycles. The Kier molecular flexibility index (Phi) is 5.12. The number of rotatable bonds is 3. The number of hydrogen-bond acceptors (Lipinski definition) is 2. The molecule has 0 aliphatic carbocycles. The van der Waals surface area contributed by atoms with Crippen molar-refractivity contribution < 1.29 is 0 Å². The summed E-state index contributed by atoms with van der Waals surface area (Å²) in [6.07, 6.45) is 3.96. The van der Waals surface area contributed by atoms with E-state index in [4.69, 9.17) is 17.3 Å². The number of nitrogen functional groups attached to an aromatic ring is 1. The molecule has 3 heteroatoms. The van der Waals surface area contributed by atoms with E-state index in [2.05, 4.69) is 18.7 Å². The molecule has 1 aromatic rings. The smallest absolute Gasteiger partial charge is 0.0410 e. The van der Waals surface area contributed by atoms with Gasteiger partial charge in [-0.05, 0) is 68.0 Å². The van der Waals surface area contributed by atoms with E-state index in [0.717, 1.165) is 34.7 Å². The van der Waals surface area contributed by atoms with Crippen molar-refractivity contribution in [3.8, 4) is 0 Å². The van der Waals surface area contributed by atoms with Gasteiger partial charge in [-0.3, -0.25) is 4.90 Å². The third-order valence-corrected chi connectivity index (χ3v) is 4.54. The van der Waals surface area contributed by atoms with Crippen LogP contribution < -0.4 is 5.73 Å². The minimum absolute atomic E-state index is 0.777. The first kappa shape index (κ1) is 14.7. The summed E-state index contributed by atoms with van der Waals surface area (Å²) in [5.41, 5.74) is 8.05. The fourth-order valence-electron chi connectivity index (χ4n) is 2.96. The maximum Gasteiger partial charge on any atom is 0.0410 e. The summed E-state index contributed by atoms with van der Waals surface area (Å²) < 4.78 is 0. The van der Waals surface area contributed by atoms with Crippen LogP contribution in [0.4, 0.5) is 5.69 Å². The molecule has 2 nitrogen and oxygen atoms in total. The zero-order valence-electron chi connectivity index (χ0n) is 12.0. The van der Waals surface area contributed by atoms with Crippen LogP contribution in [0.5, 0.6) is 0 Å². The molecule has 1 heterocycles. The number of hydrogen-bond donors (Lipinski definition) is 1. The second-order valence-electron chi connectivity index (χ2n) is 6.05. The van der Waals surface area contributed by atoms with Crippen molar-refractivity contribution >= 4 is 17.3 Å². The Bertz CT molecular complexity index is 417. The van der Waals surface area contributed by atoms with Gasteiger partial charge in [0.1, 0.15) is 0 Å². The Morgan fingerprint density at radius 2 is 2.11 bits per heavy atom. The lowest BCUT2D eigenvalue weighted by atomic mass is 9.89. The van der Waals surface area contributed by atoms with Crippen LogP contribution in [0, 0.1) is 11.8 Å². The molecule has 0 aromatic heterocycles. The molecule has 0 bridgehead atoms. The van der Waals surface area contributed by atoms with Crippen molar-refractivity contribution in [3.05, 3.63) is 28.8 Å². The van der Waals surface area contributed by atoms with Crippen LogP contribution in [0.3, 0.4) is 0 Å². The van der Waals surface area contributed by atoms with Gasteiger partial charge >= 0.3 is 0 Å². The fraction of sp³-hybridized carbons (Fsp3) is 0.625. The van der Waals surface area contributed by atoms with Crippen LogP contribution in [-0.4, -0.2) is 18.0 Å². The number of nitrogens with zero attached hydrogens (tertiary/aromatic N) is 1. The van der Waals surface area contributed by atoms with Crippen molar-refractivity contribution in [3.63, 3.8) is 0 Å². The van der Waals surface area contributed by atoms with E-state index in [0.29, 0.717) is 0 Å². The van der Waals surface area contributed by atoms with Crippen LogP contribution in [-0.2, 0) is 6.54 Å². The normalized spacial score (nSPS) is 21.6. The molecular weight excluding hydrogens is 256 g/mol. The van der Waals surface area contributed by atoms with Gasteiger partial charge in [0.15, 0.2) is 0 Å². The molecule has 1 aromatic carbocycles. The van der Waals surface area contributed by atoms with E-state index >= 15 is 0 Å². The van der Waals surface area contributed by atoms with Crippen molar-refractivity contribution in [2.75, 3.05) is 18.8 Å². The molecule has 0 saturated carbocycles. The van der Waals surface area contributed by atoms with Gasteiger partial charge in [0.2, 0.25) is 0 Å². The first-order chi connectivity index (χ1) is 9.06. The summed E-state index contributed by atoms with van der Waals surface area (Å²) in [4.78, 5) is 2.52. The average Bonchev–Trinajstić information content (AvgIpc) is 2.59. The fourth-order valence-corrected chi connectivity index (χ4v) is 3.15. The number of anilines is 1. The predicted molar refractivity (Wildman–Crippen MR) is 83.3 cm³/mol. The van der Waals surface area contributed by atoms with E-state index in [-0.39, 0.29) is 0 Å². The van der Waals surface area contributed by atoms with Gasteiger partial charge in [0.05, 0.1) is 0 Å². The average molecular weight is 281 g/mol. The zero-order chi connectivity index (χ0) is 13.8. The van der Waals surface area contributed by atoms with Crippen molar-refractivity contribution in [2.24, 2.45) is 11.8 Å². The molecule has 1 aliphatic rings. The van der Waals surface area contributed by atoms with Gasteiger partial charge in [-0.15, -0.1) is 0 Å². The molecule has 1 unspecified atom stereocenters. The van der Waals surface area contributed by atoms with Gasteiger partial charge in [-0.2, -0.15) is 0 Å². The first-order valence-electron chi connectivity index (χ1n) is 7.32. The Morgan fingerprint density at radius 1 is 1.32 bits per heavy atom. The van der Waals surface area contributed by atoms with Crippen molar-refractivity contribution in [2.45, 2.75) is 39.7 Å². The number of halogens is 1. The van der Waals surface area contributed by atoms with E-state index in [1.807, 2.05) is 18.2 Å². The van der Waals surface area contributed by atoms with E-state index in [1.165, 1.54) is 32.4 Å². The molecule has 2 rings (SSSR count). The Morgan fingerprint density at radius 3 is 2.84 bits per heavy atom. The number of likely N-dealkylation sites (tertiary alicyclic amines) is 1. The van der Waals surface area contributed by atoms with Gasteiger partial charge in [0.25, 0.3) is 0 Å². The first-order valence-corrected chi connectivity index (χ1v) is 7.70. The summed E-state index contributed by atoms with van der Waals surface area (Å²) in [6, 6.07) is 5.77. The van der Waals surface area contributed by atoms with Crippen LogP contribution in [0.25, 0.3) is 0 Å². The van der Waals surface area contributed by atoms with E-state index in [1.54, 1.807) is 0 Å². The lowest BCUT2D eigenvalue weighted by Gasteiger charge is -2.22. The zero-order valence-corrected chi connectivity index (χ0v) is 12.8.